The van der Waals surface area contributed by atoms with Crippen LogP contribution in [0.3, 0.4) is 0 Å². The summed E-state index contributed by atoms with van der Waals surface area (Å²) in [5.74, 6) is -1.87. The number of carboxylic acid groups (broad SMARTS) is 2. The van der Waals surface area contributed by atoms with Gasteiger partial charge in [-0.25, -0.2) is 0 Å². The van der Waals surface area contributed by atoms with Crippen LogP contribution in [0.5, 0.6) is 0 Å². The fourth-order valence-corrected chi connectivity index (χ4v) is 1.67. The summed E-state index contributed by atoms with van der Waals surface area (Å²) in [5, 5.41) is 37.4. The van der Waals surface area contributed by atoms with Crippen LogP contribution in [0.25, 0.3) is 0 Å². The van der Waals surface area contributed by atoms with Crippen molar-refractivity contribution in [1.29, 1.82) is 0 Å². The van der Waals surface area contributed by atoms with Crippen LogP contribution in [-0.2, 0) is 9.59 Å². The van der Waals surface area contributed by atoms with Gasteiger partial charge in [-0.3, -0.25) is 9.59 Å². The molecule has 0 bridgehead atoms. The van der Waals surface area contributed by atoms with Gasteiger partial charge in [-0.15, -0.1) is 0 Å². The van der Waals surface area contributed by atoms with Gasteiger partial charge in [-0.05, 0) is 25.7 Å². The van der Waals surface area contributed by atoms with Crippen LogP contribution in [0, 0.1) is 0 Å². The lowest BCUT2D eigenvalue weighted by Gasteiger charge is -2.23. The first-order chi connectivity index (χ1) is 9.77. The average Bonchev–Trinajstić information content (AvgIpc) is 2.45. The molecule has 1 saturated heterocycles. The molecule has 0 radical (unpaired) electrons. The number of aliphatic hydroxyl groups excluding tert-OH is 2. The Kier molecular flexibility index (Phi) is 9.84. The molecule has 1 fully saturated rings. The third-order valence-corrected chi connectivity index (χ3v) is 3.09. The minimum atomic E-state index is -1.05. The largest absolute Gasteiger partial charge is 0.480 e. The molecule has 1 aliphatic heterocycles. The number of carboxylic acids is 2. The van der Waals surface area contributed by atoms with Gasteiger partial charge in [-0.2, -0.15) is 0 Å². The molecule has 0 amide bonds. The van der Waals surface area contributed by atoms with E-state index in [1.165, 1.54) is 0 Å². The number of aliphatic carboxylic acids is 2. The summed E-state index contributed by atoms with van der Waals surface area (Å²) in [6.45, 7) is 0.545. The Labute approximate surface area is 122 Å². The van der Waals surface area contributed by atoms with E-state index in [4.69, 9.17) is 31.9 Å². The molecular weight excluding hydrogens is 282 g/mol. The lowest BCUT2D eigenvalue weighted by molar-refractivity contribution is -0.141. The second-order valence-corrected chi connectivity index (χ2v) is 4.94. The number of rotatable bonds is 6. The Hall–Kier alpha value is -1.26. The summed E-state index contributed by atoms with van der Waals surface area (Å²) in [4.78, 5) is 20.5. The van der Waals surface area contributed by atoms with E-state index in [1.807, 2.05) is 0 Å². The normalized spacial score (nSPS) is 24.4. The second kappa shape index (κ2) is 10.5. The molecule has 0 spiro atoms. The maximum absolute atomic E-state index is 10.3. The van der Waals surface area contributed by atoms with E-state index in [2.05, 4.69) is 5.32 Å². The number of nitrogens with two attached hydrogens (primary N) is 2. The predicted molar refractivity (Wildman–Crippen MR) is 74.6 cm³/mol. The molecule has 4 atom stereocenters. The molecule has 21 heavy (non-hydrogen) atoms. The molecule has 9 N–H and O–H groups in total. The minimum absolute atomic E-state index is 0.145. The summed E-state index contributed by atoms with van der Waals surface area (Å²) < 4.78 is 0. The van der Waals surface area contributed by atoms with Crippen molar-refractivity contribution in [3.8, 4) is 0 Å². The number of aliphatic hydroxyl groups is 2. The van der Waals surface area contributed by atoms with E-state index < -0.39 is 30.1 Å². The van der Waals surface area contributed by atoms with Crippen LogP contribution in [0.4, 0.5) is 0 Å². The van der Waals surface area contributed by atoms with Crippen molar-refractivity contribution in [3.05, 3.63) is 0 Å². The van der Waals surface area contributed by atoms with Gasteiger partial charge in [0.25, 0.3) is 0 Å². The maximum atomic E-state index is 10.3. The first-order valence-electron chi connectivity index (χ1n) is 6.78. The van der Waals surface area contributed by atoms with Gasteiger partial charge in [0.05, 0.1) is 12.2 Å². The van der Waals surface area contributed by atoms with Crippen molar-refractivity contribution in [2.45, 2.75) is 50.0 Å². The zero-order chi connectivity index (χ0) is 16.4. The number of hydrogen-bond acceptors (Lipinski definition) is 7. The van der Waals surface area contributed by atoms with Crippen LogP contribution in [0.15, 0.2) is 0 Å². The van der Waals surface area contributed by atoms with E-state index in [1.54, 1.807) is 0 Å². The van der Waals surface area contributed by atoms with Crippen molar-refractivity contribution in [2.75, 3.05) is 13.1 Å². The average molecular weight is 307 g/mol. The standard InChI is InChI=1S/C6H14N2O3.C6H11NO3/c7-3-4(9)1-2-5(8)6(10)11;8-4-1-2-5(6(9)10)7-3-4/h4-5,9H,1-3,7-8H2,(H,10,11);4-5,7-8H,1-3H2,(H,9,10)/t2*4?,5-/m00/s1. The Morgan fingerprint density at radius 1 is 1.24 bits per heavy atom. The quantitative estimate of drug-likeness (QED) is 0.283. The molecule has 1 heterocycles. The van der Waals surface area contributed by atoms with Crippen LogP contribution >= 0.6 is 0 Å². The van der Waals surface area contributed by atoms with Gasteiger partial charge in [0.2, 0.25) is 0 Å². The summed E-state index contributed by atoms with van der Waals surface area (Å²) in [7, 11) is 0. The van der Waals surface area contributed by atoms with Crippen LogP contribution in [0.1, 0.15) is 25.7 Å². The lowest BCUT2D eigenvalue weighted by atomic mass is 10.0. The number of β-amino-alcohol motifs (C(OH)–C–C–N with tert-alkyl or cyclic N) is 1. The Balaban J connectivity index is 0.000000382. The number of piperidine rings is 1. The van der Waals surface area contributed by atoms with E-state index in [-0.39, 0.29) is 19.1 Å². The van der Waals surface area contributed by atoms with Crippen LogP contribution in [0.2, 0.25) is 0 Å². The first kappa shape index (κ1) is 19.7. The molecule has 0 aliphatic carbocycles. The van der Waals surface area contributed by atoms with Gasteiger partial charge in [0.1, 0.15) is 12.1 Å². The number of carbonyl (C=O) groups is 2. The Morgan fingerprint density at radius 3 is 2.24 bits per heavy atom. The molecule has 124 valence electrons. The molecule has 1 aliphatic rings. The van der Waals surface area contributed by atoms with Crippen molar-refractivity contribution in [2.24, 2.45) is 11.5 Å². The second-order valence-electron chi connectivity index (χ2n) is 4.94. The monoisotopic (exact) mass is 307 g/mol. The summed E-state index contributed by atoms with van der Waals surface area (Å²) >= 11 is 0. The predicted octanol–water partition coefficient (Wildman–Crippen LogP) is -2.32. The fraction of sp³-hybridized carbons (Fsp3) is 0.833. The van der Waals surface area contributed by atoms with Gasteiger partial charge >= 0.3 is 11.9 Å². The molecule has 2 unspecified atom stereocenters. The Morgan fingerprint density at radius 2 is 1.86 bits per heavy atom. The molecule has 9 heteroatoms. The van der Waals surface area contributed by atoms with Crippen molar-refractivity contribution >= 4 is 11.9 Å². The van der Waals surface area contributed by atoms with E-state index in [0.29, 0.717) is 25.8 Å². The smallest absolute Gasteiger partial charge is 0.320 e. The van der Waals surface area contributed by atoms with E-state index in [0.717, 1.165) is 0 Å². The highest BCUT2D eigenvalue weighted by Gasteiger charge is 2.23. The summed E-state index contributed by atoms with van der Waals surface area (Å²) in [6, 6.07) is -1.35. The van der Waals surface area contributed by atoms with E-state index in [9.17, 15) is 9.59 Å². The fourth-order valence-electron chi connectivity index (χ4n) is 1.67. The SMILES string of the molecule is NCC(O)CC[C@H](N)C(=O)O.O=C(O)[C@@H]1CCC(O)CN1. The van der Waals surface area contributed by atoms with Gasteiger partial charge < -0.3 is 37.2 Å². The molecule has 0 aromatic heterocycles. The zero-order valence-corrected chi connectivity index (χ0v) is 11.8. The van der Waals surface area contributed by atoms with Gasteiger partial charge in [-0.1, -0.05) is 0 Å². The highest BCUT2D eigenvalue weighted by Crippen LogP contribution is 2.07. The number of hydrogen-bond donors (Lipinski definition) is 7. The van der Waals surface area contributed by atoms with Crippen LogP contribution < -0.4 is 16.8 Å². The summed E-state index contributed by atoms with van der Waals surface area (Å²) in [5.41, 5.74) is 10.3. The maximum Gasteiger partial charge on any atom is 0.320 e. The van der Waals surface area contributed by atoms with Crippen molar-refractivity contribution in [3.63, 3.8) is 0 Å². The summed E-state index contributed by atoms with van der Waals surface area (Å²) in [6.07, 6.45) is 0.703. The molecule has 9 nitrogen and oxygen atoms in total. The molecule has 0 saturated carbocycles. The molecular formula is C12H25N3O6. The highest BCUT2D eigenvalue weighted by atomic mass is 16.4. The van der Waals surface area contributed by atoms with Crippen molar-refractivity contribution < 1.29 is 30.0 Å². The first-order valence-corrected chi connectivity index (χ1v) is 6.78. The Bertz CT molecular complexity index is 320. The van der Waals surface area contributed by atoms with Crippen molar-refractivity contribution in [1.82, 2.24) is 5.32 Å². The molecule has 1 rings (SSSR count). The van der Waals surface area contributed by atoms with Crippen LogP contribution in [-0.4, -0.2) is 69.7 Å². The lowest BCUT2D eigenvalue weighted by Crippen LogP contribution is -2.45. The zero-order valence-electron chi connectivity index (χ0n) is 11.8. The topological polar surface area (TPSA) is 179 Å². The van der Waals surface area contributed by atoms with Gasteiger partial charge in [0, 0.05) is 13.1 Å². The third-order valence-electron chi connectivity index (χ3n) is 3.09. The molecule has 0 aromatic carbocycles. The number of nitrogens with one attached hydrogen (secondary N) is 1. The van der Waals surface area contributed by atoms with E-state index >= 15 is 0 Å². The highest BCUT2D eigenvalue weighted by molar-refractivity contribution is 5.73. The minimum Gasteiger partial charge on any atom is -0.480 e. The van der Waals surface area contributed by atoms with Gasteiger partial charge in [0.15, 0.2) is 0 Å². The molecule has 0 aromatic rings. The third kappa shape index (κ3) is 9.32.